The Morgan fingerprint density at radius 1 is 1.08 bits per heavy atom. The third-order valence-electron chi connectivity index (χ3n) is 6.90. The number of hydrogen-bond acceptors (Lipinski definition) is 7. The number of likely N-dealkylation sites (tertiary alicyclic amines) is 1. The van der Waals surface area contributed by atoms with Gasteiger partial charge in [-0.15, -0.1) is 11.3 Å². The van der Waals surface area contributed by atoms with Crippen LogP contribution in [0.3, 0.4) is 0 Å². The molecule has 0 spiro atoms. The van der Waals surface area contributed by atoms with E-state index in [0.717, 1.165) is 61.7 Å². The van der Waals surface area contributed by atoms with Gasteiger partial charge < -0.3 is 20.4 Å². The zero-order chi connectivity index (χ0) is 25.1. The minimum absolute atomic E-state index is 0.222. The summed E-state index contributed by atoms with van der Waals surface area (Å²) < 4.78 is 3.02. The van der Waals surface area contributed by atoms with Gasteiger partial charge in [-0.2, -0.15) is 0 Å². The van der Waals surface area contributed by atoms with Crippen LogP contribution in [-0.4, -0.2) is 72.5 Å². The molecule has 190 valence electrons. The monoisotopic (exact) mass is 506 g/mol. The van der Waals surface area contributed by atoms with Crippen molar-refractivity contribution in [1.29, 1.82) is 0 Å². The number of nitrogens with zero attached hydrogens (tertiary/aromatic N) is 4. The summed E-state index contributed by atoms with van der Waals surface area (Å²) in [4.78, 5) is 37.3. The number of carbonyl (C=O) groups is 1. The van der Waals surface area contributed by atoms with E-state index in [1.165, 1.54) is 24.2 Å². The molecule has 4 aromatic rings. The van der Waals surface area contributed by atoms with Gasteiger partial charge in [0, 0.05) is 45.5 Å². The maximum Gasteiger partial charge on any atom is 0.258 e. The van der Waals surface area contributed by atoms with Crippen LogP contribution in [0.25, 0.3) is 26.1 Å². The number of fused-ring (bicyclic) bond motifs is 5. The number of hydrogen-bond donors (Lipinski definition) is 2. The van der Waals surface area contributed by atoms with Crippen molar-refractivity contribution in [1.82, 2.24) is 24.9 Å². The molecule has 0 unspecified atom stereocenters. The van der Waals surface area contributed by atoms with E-state index in [0.29, 0.717) is 22.4 Å². The standard InChI is InChI=1S/C25H28N6O2S.C2H6/c32-22-20-18(30-15-9-26-10-16-30)7-8-27-23(20)31-17-5-1-2-6-19(17)34-25(31)21(22)24(33)28-11-14-29-12-3-4-13-29;1-2/h1-2,5-8,26H,3-4,9-16H2,(H,28,33);1-2H3. The number of thiazole rings is 1. The van der Waals surface area contributed by atoms with Crippen LogP contribution >= 0.6 is 11.3 Å². The van der Waals surface area contributed by atoms with Gasteiger partial charge in [0.1, 0.15) is 10.4 Å². The first-order chi connectivity index (χ1) is 17.7. The van der Waals surface area contributed by atoms with Crippen LogP contribution in [0.5, 0.6) is 0 Å². The quantitative estimate of drug-likeness (QED) is 0.432. The second kappa shape index (κ2) is 10.9. The molecule has 0 atom stereocenters. The Balaban J connectivity index is 0.00000130. The predicted octanol–water partition coefficient (Wildman–Crippen LogP) is 3.32. The van der Waals surface area contributed by atoms with Gasteiger partial charge in [0.05, 0.1) is 21.3 Å². The van der Waals surface area contributed by atoms with Gasteiger partial charge in [-0.3, -0.25) is 14.0 Å². The highest BCUT2D eigenvalue weighted by Gasteiger charge is 2.26. The fourth-order valence-electron chi connectivity index (χ4n) is 5.20. The molecule has 5 heterocycles. The maximum absolute atomic E-state index is 14.0. The molecule has 2 saturated heterocycles. The van der Waals surface area contributed by atoms with Gasteiger partial charge in [0.25, 0.3) is 5.91 Å². The molecule has 0 bridgehead atoms. The first-order valence-corrected chi connectivity index (χ1v) is 13.9. The summed E-state index contributed by atoms with van der Waals surface area (Å²) in [5.41, 5.74) is 2.42. The van der Waals surface area contributed by atoms with E-state index < -0.39 is 0 Å². The first-order valence-electron chi connectivity index (χ1n) is 13.0. The normalized spacial score (nSPS) is 16.4. The van der Waals surface area contributed by atoms with Crippen LogP contribution in [-0.2, 0) is 0 Å². The number of aromatic nitrogens is 2. The lowest BCUT2D eigenvalue weighted by Gasteiger charge is -2.30. The molecule has 1 amide bonds. The lowest BCUT2D eigenvalue weighted by Crippen LogP contribution is -2.44. The summed E-state index contributed by atoms with van der Waals surface area (Å²) in [6.07, 6.45) is 4.20. The second-order valence-corrected chi connectivity index (χ2v) is 10.0. The Hall–Kier alpha value is -3.01. The lowest BCUT2D eigenvalue weighted by atomic mass is 10.1. The van der Waals surface area contributed by atoms with Crippen molar-refractivity contribution in [3.8, 4) is 0 Å². The molecule has 9 heteroatoms. The number of benzene rings is 1. The average Bonchev–Trinajstić information content (AvgIpc) is 3.58. The van der Waals surface area contributed by atoms with Crippen LogP contribution in [0, 0.1) is 0 Å². The zero-order valence-electron chi connectivity index (χ0n) is 21.0. The number of piperazine rings is 1. The molecule has 2 aliphatic heterocycles. The van der Waals surface area contributed by atoms with Gasteiger partial charge >= 0.3 is 0 Å². The van der Waals surface area contributed by atoms with Crippen LogP contribution in [0.1, 0.15) is 37.0 Å². The summed E-state index contributed by atoms with van der Waals surface area (Å²) >= 11 is 1.47. The Morgan fingerprint density at radius 3 is 2.61 bits per heavy atom. The number of pyridine rings is 2. The van der Waals surface area contributed by atoms with E-state index in [4.69, 9.17) is 0 Å². The van der Waals surface area contributed by atoms with Crippen molar-refractivity contribution in [3.05, 3.63) is 52.3 Å². The number of para-hydroxylation sites is 1. The molecule has 3 aromatic heterocycles. The van der Waals surface area contributed by atoms with E-state index in [-0.39, 0.29) is 16.9 Å². The predicted molar refractivity (Wildman–Crippen MR) is 149 cm³/mol. The zero-order valence-corrected chi connectivity index (χ0v) is 21.9. The molecule has 8 nitrogen and oxygen atoms in total. The van der Waals surface area contributed by atoms with Gasteiger partial charge in [-0.1, -0.05) is 26.0 Å². The first kappa shape index (κ1) is 24.7. The third-order valence-corrected chi connectivity index (χ3v) is 8.05. The van der Waals surface area contributed by atoms with E-state index in [1.54, 1.807) is 6.20 Å². The summed E-state index contributed by atoms with van der Waals surface area (Å²) in [5.74, 6) is -0.301. The van der Waals surface area contributed by atoms with Crippen LogP contribution in [0.2, 0.25) is 0 Å². The number of carbonyl (C=O) groups excluding carboxylic acids is 1. The molecule has 0 saturated carbocycles. The van der Waals surface area contributed by atoms with E-state index in [2.05, 4.69) is 25.4 Å². The Labute approximate surface area is 214 Å². The summed E-state index contributed by atoms with van der Waals surface area (Å²) in [6, 6.07) is 9.92. The summed E-state index contributed by atoms with van der Waals surface area (Å²) in [6.45, 7) is 10.8. The number of anilines is 1. The molecule has 1 aromatic carbocycles. The highest BCUT2D eigenvalue weighted by atomic mass is 32.1. The van der Waals surface area contributed by atoms with Gasteiger partial charge in [-0.05, 0) is 44.1 Å². The molecule has 0 aliphatic carbocycles. The van der Waals surface area contributed by atoms with Crippen LogP contribution in [0.4, 0.5) is 5.69 Å². The lowest BCUT2D eigenvalue weighted by molar-refractivity contribution is 0.0950. The maximum atomic E-state index is 14.0. The highest BCUT2D eigenvalue weighted by molar-refractivity contribution is 7.24. The SMILES string of the molecule is CC.O=C(NCCN1CCCC1)c1c(=O)c2c(N3CCNCC3)ccnc2n2c1sc1ccccc12. The van der Waals surface area contributed by atoms with Crippen molar-refractivity contribution in [2.75, 3.05) is 57.3 Å². The van der Waals surface area contributed by atoms with Gasteiger partial charge in [-0.25, -0.2) is 4.98 Å². The third kappa shape index (κ3) is 4.47. The Morgan fingerprint density at radius 2 is 1.83 bits per heavy atom. The van der Waals surface area contributed by atoms with E-state index in [9.17, 15) is 9.59 Å². The molecule has 36 heavy (non-hydrogen) atoms. The molecule has 2 N–H and O–H groups in total. The Bertz CT molecular complexity index is 1430. The van der Waals surface area contributed by atoms with Crippen molar-refractivity contribution in [2.45, 2.75) is 26.7 Å². The average molecular weight is 507 g/mol. The minimum Gasteiger partial charge on any atom is -0.368 e. The summed E-state index contributed by atoms with van der Waals surface area (Å²) in [5, 5.41) is 6.92. The highest BCUT2D eigenvalue weighted by Crippen LogP contribution is 2.33. The van der Waals surface area contributed by atoms with Crippen LogP contribution in [0.15, 0.2) is 41.3 Å². The molecular weight excluding hydrogens is 472 g/mol. The van der Waals surface area contributed by atoms with Crippen LogP contribution < -0.4 is 21.0 Å². The van der Waals surface area contributed by atoms with E-state index >= 15 is 0 Å². The number of rotatable bonds is 5. The fourth-order valence-corrected chi connectivity index (χ4v) is 6.38. The van der Waals surface area contributed by atoms with Crippen molar-refractivity contribution >= 4 is 49.0 Å². The minimum atomic E-state index is -0.301. The fraction of sp³-hybridized carbons (Fsp3) is 0.444. The number of nitrogens with one attached hydrogen (secondary N) is 2. The molecule has 6 rings (SSSR count). The van der Waals surface area contributed by atoms with Gasteiger partial charge in [0.15, 0.2) is 5.65 Å². The van der Waals surface area contributed by atoms with Crippen molar-refractivity contribution in [2.24, 2.45) is 0 Å². The van der Waals surface area contributed by atoms with Crippen molar-refractivity contribution in [3.63, 3.8) is 0 Å². The van der Waals surface area contributed by atoms with Crippen molar-refractivity contribution < 1.29 is 4.79 Å². The molecule has 2 aliphatic rings. The second-order valence-electron chi connectivity index (χ2n) is 8.98. The molecular formula is C27H34N6O2S. The molecule has 2 fully saturated rings. The van der Waals surface area contributed by atoms with Gasteiger partial charge in [0.2, 0.25) is 5.43 Å². The summed E-state index contributed by atoms with van der Waals surface area (Å²) in [7, 11) is 0. The van der Waals surface area contributed by atoms with E-state index in [1.807, 2.05) is 48.6 Å². The number of amides is 1. The topological polar surface area (TPSA) is 82.0 Å². The molecule has 0 radical (unpaired) electrons. The Kier molecular flexibility index (Phi) is 7.50. The smallest absolute Gasteiger partial charge is 0.258 e. The largest absolute Gasteiger partial charge is 0.368 e.